The molecule has 1 N–H and O–H groups in total. The lowest BCUT2D eigenvalue weighted by molar-refractivity contribution is 0.461. The number of hydrogen-bond donors (Lipinski definition) is 1. The van der Waals surface area contributed by atoms with Gasteiger partial charge < -0.3 is 0 Å². The molecule has 1 unspecified atom stereocenters. The fraction of sp³-hybridized carbons (Fsp3) is 0.467. The van der Waals surface area contributed by atoms with Crippen molar-refractivity contribution in [2.45, 2.75) is 45.1 Å². The summed E-state index contributed by atoms with van der Waals surface area (Å²) < 4.78 is 1.36. The smallest absolute Gasteiger partial charge is 0.297 e. The zero-order valence-electron chi connectivity index (χ0n) is 11.8. The van der Waals surface area contributed by atoms with Gasteiger partial charge in [0.25, 0.3) is 5.56 Å². The largest absolute Gasteiger partial charge is 0.330 e. The van der Waals surface area contributed by atoms with Crippen molar-refractivity contribution in [1.82, 2.24) is 9.55 Å². The van der Waals surface area contributed by atoms with Crippen molar-refractivity contribution in [2.24, 2.45) is 0 Å². The summed E-state index contributed by atoms with van der Waals surface area (Å²) in [6.45, 7) is 1.99. The van der Waals surface area contributed by atoms with Crippen LogP contribution in [0.2, 0.25) is 5.15 Å². The molecule has 0 radical (unpaired) electrons. The van der Waals surface area contributed by atoms with Crippen molar-refractivity contribution in [3.8, 4) is 0 Å². The Balaban J connectivity index is 2.19. The normalized spacial score (nSPS) is 17.7. The van der Waals surface area contributed by atoms with E-state index in [9.17, 15) is 9.59 Å². The monoisotopic (exact) mass is 324 g/mol. The molecule has 2 aromatic heterocycles. The maximum atomic E-state index is 12.7. The molecule has 6 heteroatoms. The molecule has 2 heterocycles. The molecule has 2 aromatic rings. The van der Waals surface area contributed by atoms with Crippen LogP contribution in [0, 0.1) is 0 Å². The number of halogens is 1. The fourth-order valence-electron chi connectivity index (χ4n) is 3.04. The molecule has 0 bridgehead atoms. The van der Waals surface area contributed by atoms with Crippen molar-refractivity contribution in [1.29, 1.82) is 0 Å². The second kappa shape index (κ2) is 5.81. The Morgan fingerprint density at radius 3 is 3.05 bits per heavy atom. The van der Waals surface area contributed by atoms with Crippen LogP contribution < -0.4 is 11.2 Å². The van der Waals surface area contributed by atoms with E-state index in [1.807, 2.05) is 18.4 Å². The Kier molecular flexibility index (Phi) is 4.04. The number of aromatic amines is 1. The Morgan fingerprint density at radius 1 is 1.48 bits per heavy atom. The highest BCUT2D eigenvalue weighted by molar-refractivity contribution is 7.10. The maximum absolute atomic E-state index is 12.7. The van der Waals surface area contributed by atoms with E-state index in [4.69, 9.17) is 11.6 Å². The maximum Gasteiger partial charge on any atom is 0.330 e. The highest BCUT2D eigenvalue weighted by Crippen LogP contribution is 2.34. The van der Waals surface area contributed by atoms with Crippen LogP contribution in [-0.2, 0) is 12.8 Å². The summed E-state index contributed by atoms with van der Waals surface area (Å²) in [5.41, 5.74) is 0.980. The van der Waals surface area contributed by atoms with Crippen LogP contribution in [0.4, 0.5) is 0 Å². The summed E-state index contributed by atoms with van der Waals surface area (Å²) in [7, 11) is 0. The van der Waals surface area contributed by atoms with Crippen LogP contribution in [0.15, 0.2) is 21.0 Å². The van der Waals surface area contributed by atoms with Crippen LogP contribution in [0.5, 0.6) is 0 Å². The molecule has 0 aliphatic heterocycles. The zero-order chi connectivity index (χ0) is 15.0. The predicted octanol–water partition coefficient (Wildman–Crippen LogP) is 3.13. The van der Waals surface area contributed by atoms with Crippen molar-refractivity contribution in [2.75, 3.05) is 0 Å². The number of thiophene rings is 1. The topological polar surface area (TPSA) is 54.9 Å². The zero-order valence-corrected chi connectivity index (χ0v) is 13.4. The molecule has 112 valence electrons. The first kappa shape index (κ1) is 14.6. The Bertz CT molecular complexity index is 775. The van der Waals surface area contributed by atoms with Gasteiger partial charge in [0, 0.05) is 4.88 Å². The first-order chi connectivity index (χ1) is 10.1. The SMILES string of the molecule is CCCc1c(Cl)[nH]c(=O)n(C2CCCc3sccc32)c1=O. The molecule has 0 fully saturated rings. The molecule has 1 atom stereocenters. The second-order valence-electron chi connectivity index (χ2n) is 5.35. The van der Waals surface area contributed by atoms with Gasteiger partial charge in [-0.25, -0.2) is 4.79 Å². The molecule has 0 saturated carbocycles. The number of nitrogens with one attached hydrogen (secondary N) is 1. The van der Waals surface area contributed by atoms with Gasteiger partial charge in [0.05, 0.1) is 11.6 Å². The predicted molar refractivity (Wildman–Crippen MR) is 85.7 cm³/mol. The Labute approximate surface area is 131 Å². The molecule has 1 aliphatic rings. The number of aromatic nitrogens is 2. The molecule has 0 saturated heterocycles. The number of fused-ring (bicyclic) bond motifs is 1. The average Bonchev–Trinajstić information content (AvgIpc) is 2.92. The van der Waals surface area contributed by atoms with Gasteiger partial charge in [-0.2, -0.15) is 0 Å². The van der Waals surface area contributed by atoms with Gasteiger partial charge in [-0.1, -0.05) is 24.9 Å². The first-order valence-corrected chi connectivity index (χ1v) is 8.48. The van der Waals surface area contributed by atoms with Crippen molar-refractivity contribution in [3.63, 3.8) is 0 Å². The van der Waals surface area contributed by atoms with E-state index in [0.717, 1.165) is 31.2 Å². The van der Waals surface area contributed by atoms with Crippen molar-refractivity contribution >= 4 is 22.9 Å². The van der Waals surface area contributed by atoms with E-state index in [1.54, 1.807) is 11.3 Å². The number of nitrogens with zero attached hydrogens (tertiary/aromatic N) is 1. The lowest BCUT2D eigenvalue weighted by atomic mass is 9.93. The van der Waals surface area contributed by atoms with E-state index in [2.05, 4.69) is 4.98 Å². The van der Waals surface area contributed by atoms with E-state index in [1.165, 1.54) is 9.44 Å². The van der Waals surface area contributed by atoms with Crippen molar-refractivity contribution in [3.05, 3.63) is 53.4 Å². The second-order valence-corrected chi connectivity index (χ2v) is 6.73. The van der Waals surface area contributed by atoms with Crippen LogP contribution in [0.3, 0.4) is 0 Å². The summed E-state index contributed by atoms with van der Waals surface area (Å²) in [6, 6.07) is 1.87. The molecule has 0 amide bonds. The minimum atomic E-state index is -0.408. The van der Waals surface area contributed by atoms with Gasteiger partial charge in [0.15, 0.2) is 0 Å². The Morgan fingerprint density at radius 2 is 2.29 bits per heavy atom. The molecule has 0 aromatic carbocycles. The highest BCUT2D eigenvalue weighted by Gasteiger charge is 2.26. The number of H-pyrrole nitrogens is 1. The molecule has 0 spiro atoms. The lowest BCUT2D eigenvalue weighted by Gasteiger charge is -2.24. The van der Waals surface area contributed by atoms with Crippen LogP contribution >= 0.6 is 22.9 Å². The summed E-state index contributed by atoms with van der Waals surface area (Å²) in [6.07, 6.45) is 4.24. The highest BCUT2D eigenvalue weighted by atomic mass is 35.5. The van der Waals surface area contributed by atoms with Crippen LogP contribution in [-0.4, -0.2) is 9.55 Å². The molecule has 3 rings (SSSR count). The first-order valence-electron chi connectivity index (χ1n) is 7.23. The van der Waals surface area contributed by atoms with Gasteiger partial charge in [-0.05, 0) is 42.7 Å². The van der Waals surface area contributed by atoms with Crippen molar-refractivity contribution < 1.29 is 0 Å². The number of rotatable bonds is 3. The molecule has 21 heavy (non-hydrogen) atoms. The summed E-state index contributed by atoms with van der Waals surface area (Å²) in [5.74, 6) is 0. The third-order valence-electron chi connectivity index (χ3n) is 4.01. The fourth-order valence-corrected chi connectivity index (χ4v) is 4.28. The minimum Gasteiger partial charge on any atom is -0.297 e. The molecular weight excluding hydrogens is 308 g/mol. The third kappa shape index (κ3) is 2.49. The van der Waals surface area contributed by atoms with E-state index in [0.29, 0.717) is 12.0 Å². The lowest BCUT2D eigenvalue weighted by Crippen LogP contribution is -2.41. The van der Waals surface area contributed by atoms with Gasteiger partial charge in [0.1, 0.15) is 5.15 Å². The molecular formula is C15H17ClN2O2S. The van der Waals surface area contributed by atoms with E-state index < -0.39 is 5.69 Å². The number of hydrogen-bond acceptors (Lipinski definition) is 3. The van der Waals surface area contributed by atoms with E-state index >= 15 is 0 Å². The number of aryl methyl sites for hydroxylation is 1. The minimum absolute atomic E-state index is 0.163. The summed E-state index contributed by atoms with van der Waals surface area (Å²) >= 11 is 7.74. The summed E-state index contributed by atoms with van der Waals surface area (Å²) in [4.78, 5) is 28.9. The van der Waals surface area contributed by atoms with Gasteiger partial charge >= 0.3 is 5.69 Å². The van der Waals surface area contributed by atoms with Gasteiger partial charge in [-0.15, -0.1) is 11.3 Å². The van der Waals surface area contributed by atoms with Crippen LogP contribution in [0.25, 0.3) is 0 Å². The third-order valence-corrected chi connectivity index (χ3v) is 5.33. The molecule has 1 aliphatic carbocycles. The van der Waals surface area contributed by atoms with E-state index in [-0.39, 0.29) is 16.8 Å². The standard InChI is InChI=1S/C15H17ClN2O2S/c1-2-4-10-13(16)17-15(20)18(14(10)19)11-5-3-6-12-9(11)7-8-21-12/h7-8,11H,2-6H2,1H3,(H,17,20). The van der Waals surface area contributed by atoms with Crippen LogP contribution in [0.1, 0.15) is 48.2 Å². The average molecular weight is 325 g/mol. The van der Waals surface area contributed by atoms with Gasteiger partial charge in [0.2, 0.25) is 0 Å². The summed E-state index contributed by atoms with van der Waals surface area (Å²) in [5, 5.41) is 2.22. The van der Waals surface area contributed by atoms with Gasteiger partial charge in [-0.3, -0.25) is 14.3 Å². The quantitative estimate of drug-likeness (QED) is 0.882. The Hall–Kier alpha value is -1.33. The molecule has 4 nitrogen and oxygen atoms in total.